The van der Waals surface area contributed by atoms with Gasteiger partial charge in [0.05, 0.1) is 6.54 Å². The highest BCUT2D eigenvalue weighted by molar-refractivity contribution is 5.78. The van der Waals surface area contributed by atoms with E-state index in [2.05, 4.69) is 38.3 Å². The lowest BCUT2D eigenvalue weighted by Gasteiger charge is -2.18. The summed E-state index contributed by atoms with van der Waals surface area (Å²) in [4.78, 5) is 11.6. The maximum absolute atomic E-state index is 11.6. The van der Waals surface area contributed by atoms with Gasteiger partial charge in [0, 0.05) is 12.1 Å². The van der Waals surface area contributed by atoms with E-state index < -0.39 is 0 Å². The Morgan fingerprint density at radius 2 is 1.56 bits per heavy atom. The summed E-state index contributed by atoms with van der Waals surface area (Å²) < 4.78 is 0. The number of carbonyl (C=O) groups is 1. The van der Waals surface area contributed by atoms with Crippen molar-refractivity contribution >= 4 is 5.91 Å². The molecule has 0 aliphatic carbocycles. The predicted molar refractivity (Wildman–Crippen MR) is 69.5 cm³/mol. The topological polar surface area (TPSA) is 41.1 Å². The fourth-order valence-electron chi connectivity index (χ4n) is 1.81. The Morgan fingerprint density at radius 1 is 1.00 bits per heavy atom. The summed E-state index contributed by atoms with van der Waals surface area (Å²) in [6.45, 7) is 9.00. The highest BCUT2D eigenvalue weighted by atomic mass is 16.1. The second-order valence-electron chi connectivity index (χ2n) is 4.36. The van der Waals surface area contributed by atoms with E-state index >= 15 is 0 Å². The van der Waals surface area contributed by atoms with Crippen LogP contribution in [0, 0.1) is 0 Å². The molecule has 16 heavy (non-hydrogen) atoms. The van der Waals surface area contributed by atoms with E-state index in [0.29, 0.717) is 18.6 Å². The Labute approximate surface area is 100 Å². The quantitative estimate of drug-likeness (QED) is 0.636. The molecule has 0 saturated carbocycles. The molecule has 0 aromatic rings. The summed E-state index contributed by atoms with van der Waals surface area (Å²) in [5.41, 5.74) is 0. The summed E-state index contributed by atoms with van der Waals surface area (Å²) in [6.07, 6.45) is 5.42. The summed E-state index contributed by atoms with van der Waals surface area (Å²) in [5.74, 6) is 0.128. The van der Waals surface area contributed by atoms with Gasteiger partial charge in [-0.2, -0.15) is 0 Å². The molecule has 0 aliphatic rings. The van der Waals surface area contributed by atoms with Gasteiger partial charge in [0.2, 0.25) is 5.91 Å². The third kappa shape index (κ3) is 6.83. The normalized spacial score (nSPS) is 12.8. The van der Waals surface area contributed by atoms with Crippen LogP contribution in [0.4, 0.5) is 0 Å². The molecule has 0 spiro atoms. The molecule has 0 radical (unpaired) electrons. The number of nitrogens with one attached hydrogen (secondary N) is 2. The van der Waals surface area contributed by atoms with Gasteiger partial charge in [-0.15, -0.1) is 0 Å². The lowest BCUT2D eigenvalue weighted by Crippen LogP contribution is -2.42. The third-order valence-corrected chi connectivity index (χ3v) is 3.03. The molecule has 3 nitrogen and oxygen atoms in total. The first-order valence-corrected chi connectivity index (χ1v) is 6.70. The van der Waals surface area contributed by atoms with Crippen LogP contribution < -0.4 is 10.6 Å². The third-order valence-electron chi connectivity index (χ3n) is 3.03. The van der Waals surface area contributed by atoms with Crippen LogP contribution in [0.5, 0.6) is 0 Å². The van der Waals surface area contributed by atoms with E-state index in [9.17, 15) is 4.79 Å². The minimum absolute atomic E-state index is 0.128. The molecule has 0 saturated heterocycles. The monoisotopic (exact) mass is 228 g/mol. The standard InChI is InChI=1S/C13H28N2O/c1-5-9-12(8-4)14-10-13(16)15-11(6-2)7-3/h11-12,14H,5-10H2,1-4H3,(H,15,16). The van der Waals surface area contributed by atoms with E-state index in [-0.39, 0.29) is 5.91 Å². The molecule has 0 heterocycles. The molecule has 0 rings (SSSR count). The summed E-state index contributed by atoms with van der Waals surface area (Å²) in [6, 6.07) is 0.818. The molecule has 0 aromatic heterocycles. The Hall–Kier alpha value is -0.570. The number of hydrogen-bond acceptors (Lipinski definition) is 2. The maximum Gasteiger partial charge on any atom is 0.234 e. The molecule has 3 heteroatoms. The van der Waals surface area contributed by atoms with Crippen molar-refractivity contribution in [1.82, 2.24) is 10.6 Å². The van der Waals surface area contributed by atoms with Crippen LogP contribution in [0.2, 0.25) is 0 Å². The molecule has 96 valence electrons. The van der Waals surface area contributed by atoms with Gasteiger partial charge in [-0.1, -0.05) is 34.1 Å². The molecule has 1 atom stereocenters. The zero-order chi connectivity index (χ0) is 12.4. The number of amides is 1. The lowest BCUT2D eigenvalue weighted by atomic mass is 10.1. The molecule has 0 aromatic carbocycles. The van der Waals surface area contributed by atoms with Crippen LogP contribution in [0.1, 0.15) is 59.8 Å². The van der Waals surface area contributed by atoms with E-state index in [1.54, 1.807) is 0 Å². The van der Waals surface area contributed by atoms with Crippen molar-refractivity contribution in [3.8, 4) is 0 Å². The molecular weight excluding hydrogens is 200 g/mol. The molecule has 1 amide bonds. The predicted octanol–water partition coefficient (Wildman–Crippen LogP) is 2.46. The van der Waals surface area contributed by atoms with Gasteiger partial charge in [-0.3, -0.25) is 4.79 Å². The zero-order valence-corrected chi connectivity index (χ0v) is 11.3. The number of rotatable bonds is 9. The largest absolute Gasteiger partial charge is 0.352 e. The van der Waals surface area contributed by atoms with Crippen LogP contribution in [-0.4, -0.2) is 24.5 Å². The van der Waals surface area contributed by atoms with Crippen molar-refractivity contribution in [2.45, 2.75) is 71.9 Å². The highest BCUT2D eigenvalue weighted by Gasteiger charge is 2.10. The molecule has 1 unspecified atom stereocenters. The molecule has 0 aliphatic heterocycles. The number of carbonyl (C=O) groups excluding carboxylic acids is 1. The molecule has 0 bridgehead atoms. The van der Waals surface area contributed by atoms with Gasteiger partial charge >= 0.3 is 0 Å². The van der Waals surface area contributed by atoms with Gasteiger partial charge in [-0.25, -0.2) is 0 Å². The first-order chi connectivity index (χ1) is 7.67. The van der Waals surface area contributed by atoms with Crippen molar-refractivity contribution in [1.29, 1.82) is 0 Å². The summed E-state index contributed by atoms with van der Waals surface area (Å²) in [7, 11) is 0. The highest BCUT2D eigenvalue weighted by Crippen LogP contribution is 2.00. The van der Waals surface area contributed by atoms with Crippen LogP contribution >= 0.6 is 0 Å². The fraction of sp³-hybridized carbons (Fsp3) is 0.923. The van der Waals surface area contributed by atoms with E-state index in [1.807, 2.05) is 0 Å². The first-order valence-electron chi connectivity index (χ1n) is 6.70. The van der Waals surface area contributed by atoms with Crippen molar-refractivity contribution in [2.75, 3.05) is 6.54 Å². The second-order valence-corrected chi connectivity index (χ2v) is 4.36. The second kappa shape index (κ2) is 9.64. The summed E-state index contributed by atoms with van der Waals surface area (Å²) in [5, 5.41) is 6.35. The Morgan fingerprint density at radius 3 is 2.00 bits per heavy atom. The van der Waals surface area contributed by atoms with Crippen LogP contribution in [-0.2, 0) is 4.79 Å². The van der Waals surface area contributed by atoms with Gasteiger partial charge in [0.15, 0.2) is 0 Å². The molecular formula is C13H28N2O. The average molecular weight is 228 g/mol. The first kappa shape index (κ1) is 15.4. The van der Waals surface area contributed by atoms with Crippen molar-refractivity contribution in [3.05, 3.63) is 0 Å². The smallest absolute Gasteiger partial charge is 0.234 e. The van der Waals surface area contributed by atoms with E-state index in [0.717, 1.165) is 25.7 Å². The minimum Gasteiger partial charge on any atom is -0.352 e. The van der Waals surface area contributed by atoms with Gasteiger partial charge in [0.25, 0.3) is 0 Å². The minimum atomic E-state index is 0.128. The van der Waals surface area contributed by atoms with Crippen molar-refractivity contribution in [2.24, 2.45) is 0 Å². The van der Waals surface area contributed by atoms with Crippen LogP contribution in [0.25, 0.3) is 0 Å². The van der Waals surface area contributed by atoms with Gasteiger partial charge in [0.1, 0.15) is 0 Å². The Bertz CT molecular complexity index is 179. The van der Waals surface area contributed by atoms with E-state index in [1.165, 1.54) is 6.42 Å². The summed E-state index contributed by atoms with van der Waals surface area (Å²) >= 11 is 0. The fourth-order valence-corrected chi connectivity index (χ4v) is 1.81. The Balaban J connectivity index is 3.78. The molecule has 2 N–H and O–H groups in total. The average Bonchev–Trinajstić information content (AvgIpc) is 2.31. The van der Waals surface area contributed by atoms with Crippen LogP contribution in [0.15, 0.2) is 0 Å². The maximum atomic E-state index is 11.6. The number of hydrogen-bond donors (Lipinski definition) is 2. The SMILES string of the molecule is CCCC(CC)NCC(=O)NC(CC)CC. The Kier molecular flexibility index (Phi) is 9.30. The zero-order valence-electron chi connectivity index (χ0n) is 11.3. The molecule has 0 fully saturated rings. The van der Waals surface area contributed by atoms with Gasteiger partial charge < -0.3 is 10.6 Å². The van der Waals surface area contributed by atoms with Crippen molar-refractivity contribution in [3.63, 3.8) is 0 Å². The van der Waals surface area contributed by atoms with E-state index in [4.69, 9.17) is 0 Å². The lowest BCUT2D eigenvalue weighted by molar-refractivity contribution is -0.121. The van der Waals surface area contributed by atoms with Crippen LogP contribution in [0.3, 0.4) is 0 Å². The van der Waals surface area contributed by atoms with Gasteiger partial charge in [-0.05, 0) is 25.7 Å². The van der Waals surface area contributed by atoms with Crippen molar-refractivity contribution < 1.29 is 4.79 Å².